The fourth-order valence-corrected chi connectivity index (χ4v) is 3.29. The van der Waals surface area contributed by atoms with Gasteiger partial charge in [0, 0.05) is 12.1 Å². The van der Waals surface area contributed by atoms with Crippen molar-refractivity contribution < 1.29 is 22.7 Å². The zero-order valence-corrected chi connectivity index (χ0v) is 14.6. The molecule has 0 aliphatic carbocycles. The van der Waals surface area contributed by atoms with Crippen molar-refractivity contribution in [2.45, 2.75) is 12.3 Å². The Bertz CT molecular complexity index is 913. The Morgan fingerprint density at radius 3 is 2.52 bits per heavy atom. The lowest BCUT2D eigenvalue weighted by atomic mass is 10.1. The molecule has 1 aliphatic rings. The topological polar surface area (TPSA) is 108 Å². The largest absolute Gasteiger partial charge is 0.454 e. The molecule has 1 amide bonds. The molecule has 0 bridgehead atoms. The molecule has 9 heteroatoms. The Morgan fingerprint density at radius 1 is 1.16 bits per heavy atom. The molecule has 0 radical (unpaired) electrons. The number of sulfonamides is 1. The number of nitrogens with one attached hydrogen (secondary N) is 1. The lowest BCUT2D eigenvalue weighted by molar-refractivity contribution is 0.0950. The number of halogens is 1. The first-order chi connectivity index (χ1) is 11.8. The van der Waals surface area contributed by atoms with Crippen LogP contribution in [0.1, 0.15) is 21.5 Å². The van der Waals surface area contributed by atoms with Crippen LogP contribution in [-0.2, 0) is 22.3 Å². The van der Waals surface area contributed by atoms with E-state index in [9.17, 15) is 13.2 Å². The van der Waals surface area contributed by atoms with Gasteiger partial charge in [0.25, 0.3) is 5.91 Å². The molecule has 0 fully saturated rings. The van der Waals surface area contributed by atoms with Gasteiger partial charge in [-0.1, -0.05) is 35.9 Å². The molecule has 0 aromatic heterocycles. The number of carbonyl (C=O) groups is 1. The molecule has 3 rings (SSSR count). The minimum absolute atomic E-state index is 0.0744. The minimum atomic E-state index is -3.57. The summed E-state index contributed by atoms with van der Waals surface area (Å²) in [4.78, 5) is 12.3. The van der Waals surface area contributed by atoms with Crippen molar-refractivity contribution in [3.05, 3.63) is 58.1 Å². The number of rotatable bonds is 5. The summed E-state index contributed by atoms with van der Waals surface area (Å²) in [5.41, 5.74) is 1.76. The number of hydrogen-bond donors (Lipinski definition) is 2. The maximum Gasteiger partial charge on any atom is 0.251 e. The van der Waals surface area contributed by atoms with Crippen molar-refractivity contribution in [1.82, 2.24) is 5.32 Å². The normalized spacial score (nSPS) is 12.9. The van der Waals surface area contributed by atoms with Crippen molar-refractivity contribution in [3.8, 4) is 11.5 Å². The average molecular weight is 383 g/mol. The van der Waals surface area contributed by atoms with Crippen LogP contribution in [0.2, 0.25) is 5.02 Å². The molecule has 2 aromatic rings. The molecule has 132 valence electrons. The molecule has 1 aliphatic heterocycles. The number of nitrogens with two attached hydrogens (primary N) is 1. The summed E-state index contributed by atoms with van der Waals surface area (Å²) in [5.74, 6) is 0.331. The second-order valence-corrected chi connectivity index (χ2v) is 7.52. The molecular weight excluding hydrogens is 368 g/mol. The van der Waals surface area contributed by atoms with E-state index in [1.54, 1.807) is 30.3 Å². The van der Waals surface area contributed by atoms with Crippen LogP contribution >= 0.6 is 11.6 Å². The molecule has 25 heavy (non-hydrogen) atoms. The lowest BCUT2D eigenvalue weighted by Crippen LogP contribution is -2.22. The average Bonchev–Trinajstić information content (AvgIpc) is 3.01. The number of benzene rings is 2. The van der Waals surface area contributed by atoms with Gasteiger partial charge in [0.05, 0.1) is 10.8 Å². The third-order valence-electron chi connectivity index (χ3n) is 3.53. The molecule has 3 N–H and O–H groups in total. The maximum atomic E-state index is 12.3. The van der Waals surface area contributed by atoms with Crippen LogP contribution in [0.15, 0.2) is 36.4 Å². The fraction of sp³-hybridized carbons (Fsp3) is 0.188. The van der Waals surface area contributed by atoms with Crippen LogP contribution in [0.25, 0.3) is 0 Å². The summed E-state index contributed by atoms with van der Waals surface area (Å²) in [6.07, 6.45) is 0. The van der Waals surface area contributed by atoms with Crippen LogP contribution in [0.4, 0.5) is 0 Å². The van der Waals surface area contributed by atoms with Gasteiger partial charge in [-0.25, -0.2) is 13.6 Å². The quantitative estimate of drug-likeness (QED) is 0.819. The highest BCUT2D eigenvalue weighted by atomic mass is 35.5. The number of ether oxygens (including phenoxy) is 2. The first-order valence-corrected chi connectivity index (χ1v) is 9.37. The number of primary sulfonamides is 1. The highest BCUT2D eigenvalue weighted by molar-refractivity contribution is 7.88. The van der Waals surface area contributed by atoms with Gasteiger partial charge in [0.2, 0.25) is 16.8 Å². The van der Waals surface area contributed by atoms with Crippen molar-refractivity contribution in [1.29, 1.82) is 0 Å². The van der Waals surface area contributed by atoms with E-state index in [0.29, 0.717) is 27.6 Å². The predicted molar refractivity (Wildman–Crippen MR) is 92.0 cm³/mol. The minimum Gasteiger partial charge on any atom is -0.454 e. The van der Waals surface area contributed by atoms with Crippen molar-refractivity contribution in [2.75, 3.05) is 6.79 Å². The monoisotopic (exact) mass is 382 g/mol. The summed E-state index contributed by atoms with van der Waals surface area (Å²) < 4.78 is 32.6. The molecule has 0 spiro atoms. The second-order valence-electron chi connectivity index (χ2n) is 5.50. The van der Waals surface area contributed by atoms with E-state index in [2.05, 4.69) is 5.32 Å². The Morgan fingerprint density at radius 2 is 1.84 bits per heavy atom. The Balaban J connectivity index is 1.64. The zero-order valence-electron chi connectivity index (χ0n) is 13.0. The maximum absolute atomic E-state index is 12.3. The van der Waals surface area contributed by atoms with Crippen LogP contribution in [0.5, 0.6) is 11.5 Å². The van der Waals surface area contributed by atoms with Gasteiger partial charge in [-0.3, -0.25) is 4.79 Å². The van der Waals surface area contributed by atoms with Gasteiger partial charge in [-0.15, -0.1) is 0 Å². The highest BCUT2D eigenvalue weighted by Gasteiger charge is 2.20. The molecule has 2 aromatic carbocycles. The fourth-order valence-electron chi connectivity index (χ4n) is 2.37. The highest BCUT2D eigenvalue weighted by Crippen LogP contribution is 2.39. The molecule has 1 heterocycles. The van der Waals surface area contributed by atoms with E-state index in [1.165, 1.54) is 6.07 Å². The van der Waals surface area contributed by atoms with Crippen LogP contribution in [0.3, 0.4) is 0 Å². The Labute approximate surface area is 149 Å². The SMILES string of the molecule is NS(=O)(=O)Cc1ccc(CNC(=O)c2cc(Cl)c3c(c2)OCO3)cc1. The first kappa shape index (κ1) is 17.5. The molecule has 0 atom stereocenters. The van der Waals surface area contributed by atoms with Gasteiger partial charge in [0.15, 0.2) is 11.5 Å². The van der Waals surface area contributed by atoms with Gasteiger partial charge in [-0.2, -0.15) is 0 Å². The van der Waals surface area contributed by atoms with Gasteiger partial charge in [0.1, 0.15) is 0 Å². The Kier molecular flexibility index (Phi) is 4.85. The van der Waals surface area contributed by atoms with E-state index in [0.717, 1.165) is 5.56 Å². The first-order valence-electron chi connectivity index (χ1n) is 7.27. The summed E-state index contributed by atoms with van der Waals surface area (Å²) in [5, 5.41) is 8.08. The van der Waals surface area contributed by atoms with E-state index in [-0.39, 0.29) is 25.0 Å². The standard InChI is InChI=1S/C16H15ClN2O5S/c17-13-5-12(6-14-15(13)24-9-23-14)16(20)19-7-10-1-3-11(4-2-10)8-25(18,21)22/h1-6H,7-9H2,(H,19,20)(H2,18,21,22). The van der Waals surface area contributed by atoms with E-state index in [4.69, 9.17) is 26.2 Å². The van der Waals surface area contributed by atoms with Gasteiger partial charge >= 0.3 is 0 Å². The van der Waals surface area contributed by atoms with Gasteiger partial charge < -0.3 is 14.8 Å². The molecule has 0 saturated heterocycles. The summed E-state index contributed by atoms with van der Waals surface area (Å²) in [6.45, 7) is 0.353. The van der Waals surface area contributed by atoms with Crippen molar-refractivity contribution >= 4 is 27.5 Å². The number of carbonyl (C=O) groups excluding carboxylic acids is 1. The number of amides is 1. The number of fused-ring (bicyclic) bond motifs is 1. The number of hydrogen-bond acceptors (Lipinski definition) is 5. The third-order valence-corrected chi connectivity index (χ3v) is 4.55. The smallest absolute Gasteiger partial charge is 0.251 e. The molecule has 0 saturated carbocycles. The third kappa shape index (κ3) is 4.41. The van der Waals surface area contributed by atoms with Crippen LogP contribution in [0, 0.1) is 0 Å². The molecule has 7 nitrogen and oxygen atoms in total. The summed E-state index contributed by atoms with van der Waals surface area (Å²) in [7, 11) is -3.57. The van der Waals surface area contributed by atoms with Gasteiger partial charge in [-0.05, 0) is 23.3 Å². The molecular formula is C16H15ClN2O5S. The van der Waals surface area contributed by atoms with E-state index in [1.807, 2.05) is 0 Å². The zero-order chi connectivity index (χ0) is 18.0. The summed E-state index contributed by atoms with van der Waals surface area (Å²) in [6, 6.07) is 9.85. The van der Waals surface area contributed by atoms with Crippen molar-refractivity contribution in [2.24, 2.45) is 5.14 Å². The van der Waals surface area contributed by atoms with Crippen LogP contribution < -0.4 is 19.9 Å². The van der Waals surface area contributed by atoms with E-state index < -0.39 is 10.0 Å². The van der Waals surface area contributed by atoms with Crippen molar-refractivity contribution in [3.63, 3.8) is 0 Å². The second kappa shape index (κ2) is 6.91. The Hall–Kier alpha value is -2.29. The molecule has 0 unspecified atom stereocenters. The lowest BCUT2D eigenvalue weighted by Gasteiger charge is -2.08. The van der Waals surface area contributed by atoms with Crippen LogP contribution in [-0.4, -0.2) is 21.1 Å². The van der Waals surface area contributed by atoms with E-state index >= 15 is 0 Å². The summed E-state index contributed by atoms with van der Waals surface area (Å²) >= 11 is 6.06. The predicted octanol–water partition coefficient (Wildman–Crippen LogP) is 1.79.